The summed E-state index contributed by atoms with van der Waals surface area (Å²) >= 11 is 3.44. The minimum atomic E-state index is 0.108. The maximum atomic E-state index is 12.1. The largest absolute Gasteiger partial charge is 0.273 e. The molecule has 2 unspecified atom stereocenters. The van der Waals surface area contributed by atoms with Gasteiger partial charge in [0.25, 0.3) is 0 Å². The van der Waals surface area contributed by atoms with Crippen LogP contribution >= 0.6 is 15.9 Å². The van der Waals surface area contributed by atoms with Crippen LogP contribution in [0.15, 0.2) is 33.8 Å². The van der Waals surface area contributed by atoms with Crippen molar-refractivity contribution < 1.29 is 4.79 Å². The topological polar surface area (TPSA) is 41.5 Å². The van der Waals surface area contributed by atoms with Gasteiger partial charge >= 0.3 is 0 Å². The van der Waals surface area contributed by atoms with E-state index in [1.165, 1.54) is 25.7 Å². The highest BCUT2D eigenvalue weighted by Crippen LogP contribution is 2.55. The maximum absolute atomic E-state index is 12.1. The third kappa shape index (κ3) is 2.80. The van der Waals surface area contributed by atoms with Crippen molar-refractivity contribution in [1.82, 2.24) is 5.43 Å². The second-order valence-corrected chi connectivity index (χ2v) is 6.74. The molecule has 1 aromatic carbocycles. The van der Waals surface area contributed by atoms with Gasteiger partial charge in [-0.2, -0.15) is 5.10 Å². The van der Waals surface area contributed by atoms with E-state index in [0.717, 1.165) is 15.7 Å². The van der Waals surface area contributed by atoms with Crippen molar-refractivity contribution in [2.45, 2.75) is 32.6 Å². The number of carbonyl (C=O) groups is 1. The lowest BCUT2D eigenvalue weighted by atomic mass is 10.0. The average Bonchev–Trinajstić information content (AvgIpc) is 3.19. The zero-order valence-corrected chi connectivity index (χ0v) is 13.2. The van der Waals surface area contributed by atoms with Gasteiger partial charge in [0, 0.05) is 10.4 Å². The molecule has 1 N–H and O–H groups in total. The Kier molecular flexibility index (Phi) is 3.92. The highest BCUT2D eigenvalue weighted by Gasteiger charge is 2.54. The fourth-order valence-electron chi connectivity index (χ4n) is 3.37. The van der Waals surface area contributed by atoms with Crippen LogP contribution in [-0.2, 0) is 4.79 Å². The van der Waals surface area contributed by atoms with Crippen LogP contribution in [-0.4, -0.2) is 11.6 Å². The van der Waals surface area contributed by atoms with Crippen molar-refractivity contribution in [3.05, 3.63) is 34.3 Å². The van der Waals surface area contributed by atoms with E-state index in [2.05, 4.69) is 26.5 Å². The maximum Gasteiger partial charge on any atom is 0.243 e. The summed E-state index contributed by atoms with van der Waals surface area (Å²) < 4.78 is 1.02. The van der Waals surface area contributed by atoms with Gasteiger partial charge < -0.3 is 0 Å². The quantitative estimate of drug-likeness (QED) is 0.664. The number of hydrogen-bond donors (Lipinski definition) is 1. The molecule has 106 valence electrons. The molecule has 0 heterocycles. The number of hydrogen-bond acceptors (Lipinski definition) is 2. The SMILES string of the molecule is C/C(=N\NC(=O)C1C2CCCCC21)c1cccc(Br)c1. The van der Waals surface area contributed by atoms with Crippen LogP contribution in [0.2, 0.25) is 0 Å². The molecule has 0 saturated heterocycles. The molecule has 2 atom stereocenters. The number of hydrazone groups is 1. The van der Waals surface area contributed by atoms with Gasteiger partial charge in [0.05, 0.1) is 5.71 Å². The van der Waals surface area contributed by atoms with Crippen molar-refractivity contribution in [2.75, 3.05) is 0 Å². The minimum Gasteiger partial charge on any atom is -0.273 e. The first-order valence-electron chi connectivity index (χ1n) is 7.27. The zero-order chi connectivity index (χ0) is 14.1. The van der Waals surface area contributed by atoms with Crippen molar-refractivity contribution in [3.8, 4) is 0 Å². The molecule has 20 heavy (non-hydrogen) atoms. The Bertz CT molecular complexity index is 543. The van der Waals surface area contributed by atoms with Crippen LogP contribution < -0.4 is 5.43 Å². The summed E-state index contributed by atoms with van der Waals surface area (Å²) in [6, 6.07) is 7.94. The average molecular weight is 335 g/mol. The van der Waals surface area contributed by atoms with Crippen LogP contribution in [0.1, 0.15) is 38.2 Å². The van der Waals surface area contributed by atoms with Gasteiger partial charge in [-0.3, -0.25) is 4.79 Å². The van der Waals surface area contributed by atoms with E-state index >= 15 is 0 Å². The van der Waals surface area contributed by atoms with Gasteiger partial charge in [-0.15, -0.1) is 0 Å². The molecule has 2 fully saturated rings. The Morgan fingerprint density at radius 2 is 2.00 bits per heavy atom. The molecule has 0 aromatic heterocycles. The van der Waals surface area contributed by atoms with E-state index in [1.807, 2.05) is 31.2 Å². The van der Waals surface area contributed by atoms with Crippen LogP contribution in [0.25, 0.3) is 0 Å². The summed E-state index contributed by atoms with van der Waals surface area (Å²) in [5.41, 5.74) is 4.61. The Morgan fingerprint density at radius 1 is 1.30 bits per heavy atom. The van der Waals surface area contributed by atoms with E-state index in [4.69, 9.17) is 0 Å². The lowest BCUT2D eigenvalue weighted by molar-refractivity contribution is -0.122. The number of amides is 1. The molecule has 0 bridgehead atoms. The number of nitrogens with one attached hydrogen (secondary N) is 1. The number of nitrogens with zero attached hydrogens (tertiary/aromatic N) is 1. The molecular formula is C16H19BrN2O. The molecule has 1 aromatic rings. The van der Waals surface area contributed by atoms with Gasteiger partial charge in [0.2, 0.25) is 5.91 Å². The predicted octanol–water partition coefficient (Wildman–Crippen LogP) is 3.73. The first-order chi connectivity index (χ1) is 9.66. The molecule has 0 spiro atoms. The van der Waals surface area contributed by atoms with Crippen LogP contribution in [0.5, 0.6) is 0 Å². The first kappa shape index (κ1) is 13.8. The summed E-state index contributed by atoms with van der Waals surface area (Å²) in [5, 5.41) is 4.25. The van der Waals surface area contributed by atoms with E-state index in [0.29, 0.717) is 11.8 Å². The molecule has 4 heteroatoms. The first-order valence-corrected chi connectivity index (χ1v) is 8.06. The van der Waals surface area contributed by atoms with Crippen molar-refractivity contribution in [3.63, 3.8) is 0 Å². The molecule has 3 nitrogen and oxygen atoms in total. The number of fused-ring (bicyclic) bond motifs is 1. The second kappa shape index (κ2) is 5.68. The molecule has 2 saturated carbocycles. The molecule has 0 radical (unpaired) electrons. The summed E-state index contributed by atoms with van der Waals surface area (Å²) in [6.45, 7) is 1.92. The smallest absolute Gasteiger partial charge is 0.243 e. The van der Waals surface area contributed by atoms with E-state index < -0.39 is 0 Å². The third-order valence-electron chi connectivity index (χ3n) is 4.54. The molecule has 2 aliphatic rings. The Morgan fingerprint density at radius 3 is 2.65 bits per heavy atom. The van der Waals surface area contributed by atoms with Gasteiger partial charge in [-0.1, -0.05) is 40.9 Å². The summed E-state index contributed by atoms with van der Waals surface area (Å²) in [6.07, 6.45) is 5.00. The molecule has 1 amide bonds. The highest BCUT2D eigenvalue weighted by molar-refractivity contribution is 9.10. The standard InChI is InChI=1S/C16H19BrN2O/c1-10(11-5-4-6-12(17)9-11)18-19-16(20)15-13-7-2-3-8-14(13)15/h4-6,9,13-15H,2-3,7-8H2,1H3,(H,19,20)/b18-10+. The zero-order valence-electron chi connectivity index (χ0n) is 11.6. The Balaban J connectivity index is 1.61. The van der Waals surface area contributed by atoms with Crippen LogP contribution in [0, 0.1) is 17.8 Å². The number of carbonyl (C=O) groups excluding carboxylic acids is 1. The van der Waals surface area contributed by atoms with Crippen LogP contribution in [0.3, 0.4) is 0 Å². The van der Waals surface area contributed by atoms with Crippen molar-refractivity contribution in [2.24, 2.45) is 22.9 Å². The highest BCUT2D eigenvalue weighted by atomic mass is 79.9. The predicted molar refractivity (Wildman–Crippen MR) is 83.4 cm³/mol. The minimum absolute atomic E-state index is 0.108. The number of rotatable bonds is 3. The lowest BCUT2D eigenvalue weighted by Crippen LogP contribution is -2.22. The van der Waals surface area contributed by atoms with Gasteiger partial charge in [0.15, 0.2) is 0 Å². The summed E-state index contributed by atoms with van der Waals surface area (Å²) in [4.78, 5) is 12.1. The molecule has 0 aliphatic heterocycles. The number of benzene rings is 1. The fraction of sp³-hybridized carbons (Fsp3) is 0.500. The normalized spacial score (nSPS) is 28.7. The van der Waals surface area contributed by atoms with E-state index in [-0.39, 0.29) is 11.8 Å². The lowest BCUT2D eigenvalue weighted by Gasteiger charge is -2.04. The molecule has 3 rings (SSSR count). The van der Waals surface area contributed by atoms with Crippen molar-refractivity contribution >= 4 is 27.5 Å². The third-order valence-corrected chi connectivity index (χ3v) is 5.03. The van der Waals surface area contributed by atoms with Gasteiger partial charge in [-0.05, 0) is 49.3 Å². The van der Waals surface area contributed by atoms with Gasteiger partial charge in [0.1, 0.15) is 0 Å². The summed E-state index contributed by atoms with van der Waals surface area (Å²) in [5.74, 6) is 1.59. The fourth-order valence-corrected chi connectivity index (χ4v) is 3.77. The van der Waals surface area contributed by atoms with Crippen molar-refractivity contribution in [1.29, 1.82) is 0 Å². The second-order valence-electron chi connectivity index (χ2n) is 5.82. The number of halogens is 1. The Hall–Kier alpha value is -1.16. The van der Waals surface area contributed by atoms with Crippen LogP contribution in [0.4, 0.5) is 0 Å². The Labute approximate surface area is 128 Å². The monoisotopic (exact) mass is 334 g/mol. The summed E-state index contributed by atoms with van der Waals surface area (Å²) in [7, 11) is 0. The van der Waals surface area contributed by atoms with Gasteiger partial charge in [-0.25, -0.2) is 5.43 Å². The van der Waals surface area contributed by atoms with E-state index in [1.54, 1.807) is 0 Å². The van der Waals surface area contributed by atoms with E-state index in [9.17, 15) is 4.79 Å². The molecular weight excluding hydrogens is 316 g/mol. The molecule has 2 aliphatic carbocycles.